The molecule has 0 heterocycles. The predicted octanol–water partition coefficient (Wildman–Crippen LogP) is 6.06. The van der Waals surface area contributed by atoms with E-state index in [0.29, 0.717) is 0 Å². The van der Waals surface area contributed by atoms with Crippen LogP contribution in [-0.2, 0) is 12.3 Å². The Morgan fingerprint density at radius 3 is 1.50 bits per heavy atom. The van der Waals surface area contributed by atoms with Crippen molar-refractivity contribution in [2.75, 3.05) is 0 Å². The zero-order valence-corrected chi connectivity index (χ0v) is 20.8. The Hall–Kier alpha value is 0.748. The molecule has 1 atom stereocenters. The second-order valence-electron chi connectivity index (χ2n) is 8.88. The highest BCUT2D eigenvalue weighted by molar-refractivity contribution is 6.89. The lowest BCUT2D eigenvalue weighted by Crippen LogP contribution is -2.56. The molecule has 3 nitrogen and oxygen atoms in total. The topological polar surface area (TPSA) is 27.7 Å². The van der Waals surface area contributed by atoms with Gasteiger partial charge in [-0.25, -0.2) is 0 Å². The van der Waals surface area contributed by atoms with Crippen molar-refractivity contribution in [2.45, 2.75) is 97.6 Å². The zero-order valence-electron chi connectivity index (χ0n) is 16.8. The molecule has 0 N–H and O–H groups in total. The van der Waals surface area contributed by atoms with Crippen LogP contribution in [0.1, 0.15) is 32.6 Å². The van der Waals surface area contributed by atoms with Gasteiger partial charge in [0.05, 0.1) is 0 Å². The largest absolute Gasteiger partial charge is 0.437 e. The minimum absolute atomic E-state index is 1.10. The molecule has 0 fully saturated rings. The molecule has 0 amide bonds. The maximum absolute atomic E-state index is 6.66. The SMILES string of the molecule is CCCCCC[Si](C)(O[Si](C)(C)C)O[Si](C)(C)O[Si](C)(C)C. The average Bonchev–Trinajstić information content (AvgIpc) is 2.16. The van der Waals surface area contributed by atoms with Crippen molar-refractivity contribution in [1.29, 1.82) is 0 Å². The van der Waals surface area contributed by atoms with E-state index >= 15 is 0 Å². The molecule has 0 bridgehead atoms. The monoisotopic (exact) mass is 380 g/mol. The van der Waals surface area contributed by atoms with Crippen LogP contribution in [0.4, 0.5) is 0 Å². The van der Waals surface area contributed by atoms with E-state index in [4.69, 9.17) is 12.3 Å². The summed E-state index contributed by atoms with van der Waals surface area (Å²) in [4.78, 5) is 0. The van der Waals surface area contributed by atoms with Crippen LogP contribution in [0.5, 0.6) is 0 Å². The summed E-state index contributed by atoms with van der Waals surface area (Å²) < 4.78 is 19.6. The molecule has 0 rings (SSSR count). The highest BCUT2D eigenvalue weighted by Crippen LogP contribution is 2.28. The van der Waals surface area contributed by atoms with Gasteiger partial charge in [0.1, 0.15) is 0 Å². The first-order valence-electron chi connectivity index (χ1n) is 8.79. The fourth-order valence-electron chi connectivity index (χ4n) is 2.92. The molecule has 0 aromatic carbocycles. The molecular weight excluding hydrogens is 341 g/mol. The van der Waals surface area contributed by atoms with Crippen LogP contribution in [0.15, 0.2) is 0 Å². The van der Waals surface area contributed by atoms with Crippen LogP contribution in [0.25, 0.3) is 0 Å². The van der Waals surface area contributed by atoms with Gasteiger partial charge >= 0.3 is 17.1 Å². The third-order valence-electron chi connectivity index (χ3n) is 3.02. The van der Waals surface area contributed by atoms with Crippen molar-refractivity contribution in [3.05, 3.63) is 0 Å². The van der Waals surface area contributed by atoms with Gasteiger partial charge < -0.3 is 12.3 Å². The van der Waals surface area contributed by atoms with E-state index in [2.05, 4.69) is 65.8 Å². The smallest absolute Gasteiger partial charge is 0.315 e. The van der Waals surface area contributed by atoms with Crippen molar-refractivity contribution < 1.29 is 12.3 Å². The number of hydrogen-bond acceptors (Lipinski definition) is 3. The molecule has 0 aromatic rings. The molecular formula is C15H40O3Si4. The van der Waals surface area contributed by atoms with E-state index in [1.165, 1.54) is 25.7 Å². The van der Waals surface area contributed by atoms with E-state index in [-0.39, 0.29) is 0 Å². The number of hydrogen-bond donors (Lipinski definition) is 0. The van der Waals surface area contributed by atoms with Crippen molar-refractivity contribution in [2.24, 2.45) is 0 Å². The molecule has 0 saturated carbocycles. The summed E-state index contributed by atoms with van der Waals surface area (Å²) in [5, 5.41) is 0. The van der Waals surface area contributed by atoms with Gasteiger partial charge in [0.2, 0.25) is 0 Å². The molecule has 0 aromatic heterocycles. The third kappa shape index (κ3) is 12.2. The maximum atomic E-state index is 6.66. The maximum Gasteiger partial charge on any atom is 0.315 e. The molecule has 0 spiro atoms. The molecule has 0 aliphatic carbocycles. The Morgan fingerprint density at radius 2 is 1.09 bits per heavy atom. The molecule has 7 heteroatoms. The minimum atomic E-state index is -2.15. The molecule has 22 heavy (non-hydrogen) atoms. The first-order chi connectivity index (χ1) is 9.68. The fraction of sp³-hybridized carbons (Fsp3) is 1.00. The summed E-state index contributed by atoms with van der Waals surface area (Å²) in [7, 11) is -7.46. The van der Waals surface area contributed by atoms with Crippen molar-refractivity contribution in [3.8, 4) is 0 Å². The lowest BCUT2D eigenvalue weighted by Gasteiger charge is -2.41. The average molecular weight is 381 g/mol. The highest BCUT2D eigenvalue weighted by atomic mass is 28.5. The zero-order chi connectivity index (χ0) is 17.7. The van der Waals surface area contributed by atoms with Crippen LogP contribution in [0.3, 0.4) is 0 Å². The van der Waals surface area contributed by atoms with Crippen LogP contribution in [-0.4, -0.2) is 33.8 Å². The van der Waals surface area contributed by atoms with Gasteiger partial charge in [-0.3, -0.25) is 0 Å². The Morgan fingerprint density at radius 1 is 0.591 bits per heavy atom. The van der Waals surface area contributed by atoms with Gasteiger partial charge in [-0.15, -0.1) is 0 Å². The van der Waals surface area contributed by atoms with Gasteiger partial charge in [-0.2, -0.15) is 0 Å². The lowest BCUT2D eigenvalue weighted by atomic mass is 10.2. The van der Waals surface area contributed by atoms with Crippen LogP contribution in [0, 0.1) is 0 Å². The fourth-order valence-corrected chi connectivity index (χ4v) is 21.0. The van der Waals surface area contributed by atoms with Crippen LogP contribution in [0.2, 0.25) is 65.0 Å². The molecule has 0 aliphatic heterocycles. The number of unbranched alkanes of at least 4 members (excludes halogenated alkanes) is 3. The van der Waals surface area contributed by atoms with Gasteiger partial charge in [-0.1, -0.05) is 32.6 Å². The Bertz CT molecular complexity index is 324. The summed E-state index contributed by atoms with van der Waals surface area (Å²) >= 11 is 0. The normalized spacial score (nSPS) is 16.6. The Labute approximate surface area is 143 Å². The van der Waals surface area contributed by atoms with E-state index < -0.39 is 33.8 Å². The van der Waals surface area contributed by atoms with E-state index in [0.717, 1.165) is 6.04 Å². The summed E-state index contributed by atoms with van der Waals surface area (Å²) in [5.74, 6) is 0. The number of rotatable bonds is 11. The molecule has 0 aliphatic rings. The van der Waals surface area contributed by atoms with Crippen LogP contribution >= 0.6 is 0 Å². The minimum Gasteiger partial charge on any atom is -0.437 e. The highest BCUT2D eigenvalue weighted by Gasteiger charge is 2.43. The molecule has 0 saturated heterocycles. The van der Waals surface area contributed by atoms with E-state index in [1.807, 2.05) is 0 Å². The quantitative estimate of drug-likeness (QED) is 0.322. The van der Waals surface area contributed by atoms with E-state index in [1.54, 1.807) is 0 Å². The summed E-state index contributed by atoms with van der Waals surface area (Å²) in [5.41, 5.74) is 0. The molecule has 1 unspecified atom stereocenters. The summed E-state index contributed by atoms with van der Waals surface area (Å²) in [6, 6.07) is 1.10. The molecule has 134 valence electrons. The third-order valence-corrected chi connectivity index (χ3v) is 16.6. The summed E-state index contributed by atoms with van der Waals surface area (Å²) in [6.07, 6.45) is 5.09. The Balaban J connectivity index is 4.90. The predicted molar refractivity (Wildman–Crippen MR) is 108 cm³/mol. The van der Waals surface area contributed by atoms with Gasteiger partial charge in [0.15, 0.2) is 16.6 Å². The van der Waals surface area contributed by atoms with Gasteiger partial charge in [-0.05, 0) is 65.0 Å². The first kappa shape index (κ1) is 22.7. The second kappa shape index (κ2) is 8.73. The lowest BCUT2D eigenvalue weighted by molar-refractivity contribution is 0.322. The van der Waals surface area contributed by atoms with Gasteiger partial charge in [0, 0.05) is 0 Å². The second-order valence-corrected chi connectivity index (χ2v) is 25.3. The van der Waals surface area contributed by atoms with Crippen molar-refractivity contribution >= 4 is 33.8 Å². The van der Waals surface area contributed by atoms with Crippen molar-refractivity contribution in [1.82, 2.24) is 0 Å². The van der Waals surface area contributed by atoms with Crippen LogP contribution < -0.4 is 0 Å². The molecule has 0 radical (unpaired) electrons. The standard InChI is InChI=1S/C15H40O3Si4/c1-11-12-13-14-15-22(10,17-20(5,6)7)18-21(8,9)16-19(2,3)4/h11-15H2,1-10H3. The Kier molecular flexibility index (Phi) is 9.03. The van der Waals surface area contributed by atoms with Crippen molar-refractivity contribution in [3.63, 3.8) is 0 Å². The van der Waals surface area contributed by atoms with E-state index in [9.17, 15) is 0 Å². The first-order valence-corrected chi connectivity index (χ1v) is 20.9. The summed E-state index contributed by atoms with van der Waals surface area (Å²) in [6.45, 7) is 22.4. The van der Waals surface area contributed by atoms with Gasteiger partial charge in [0.25, 0.3) is 0 Å².